The fraction of sp³-hybridized carbons (Fsp3) is 0.250. The predicted molar refractivity (Wildman–Crippen MR) is 82.1 cm³/mol. The maximum absolute atomic E-state index is 13.3. The first-order chi connectivity index (χ1) is 9.47. The lowest BCUT2D eigenvalue weighted by molar-refractivity contribution is 0.252. The summed E-state index contributed by atoms with van der Waals surface area (Å²) >= 11 is 3.44. The summed E-state index contributed by atoms with van der Waals surface area (Å²) in [6.07, 6.45) is 0. The number of hydrogen-bond donors (Lipinski definition) is 1. The van der Waals surface area contributed by atoms with Gasteiger partial charge < -0.3 is 5.11 Å². The number of rotatable bonds is 4. The van der Waals surface area contributed by atoms with E-state index in [-0.39, 0.29) is 17.6 Å². The van der Waals surface area contributed by atoms with E-state index in [0.29, 0.717) is 6.54 Å². The van der Waals surface area contributed by atoms with Gasteiger partial charge in [-0.3, -0.25) is 4.90 Å². The molecule has 2 rings (SSSR count). The summed E-state index contributed by atoms with van der Waals surface area (Å²) < 4.78 is 14.2. The number of phenols is 1. The van der Waals surface area contributed by atoms with Gasteiger partial charge in [0.2, 0.25) is 0 Å². The van der Waals surface area contributed by atoms with Crippen molar-refractivity contribution < 1.29 is 9.50 Å². The van der Waals surface area contributed by atoms with E-state index in [1.165, 1.54) is 12.1 Å². The summed E-state index contributed by atoms with van der Waals surface area (Å²) in [5.41, 5.74) is 1.93. The second-order valence-corrected chi connectivity index (χ2v) is 5.78. The van der Waals surface area contributed by atoms with Crippen molar-refractivity contribution in [3.63, 3.8) is 0 Å². The maximum Gasteiger partial charge on any atom is 0.123 e. The lowest BCUT2D eigenvalue weighted by Crippen LogP contribution is -2.22. The van der Waals surface area contributed by atoms with Gasteiger partial charge in [0.15, 0.2) is 0 Å². The number of halogens is 2. The Morgan fingerprint density at radius 2 is 2.00 bits per heavy atom. The molecule has 0 aliphatic heterocycles. The molecule has 20 heavy (non-hydrogen) atoms. The number of aromatic hydroxyl groups is 1. The second-order valence-electron chi connectivity index (χ2n) is 4.92. The van der Waals surface area contributed by atoms with Crippen molar-refractivity contribution in [2.45, 2.75) is 19.5 Å². The highest BCUT2D eigenvalue weighted by molar-refractivity contribution is 9.10. The highest BCUT2D eigenvalue weighted by Gasteiger charge is 2.14. The maximum atomic E-state index is 13.3. The summed E-state index contributed by atoms with van der Waals surface area (Å²) in [4.78, 5) is 2.11. The zero-order valence-electron chi connectivity index (χ0n) is 11.5. The third-order valence-corrected chi connectivity index (χ3v) is 4.21. The molecule has 0 bridgehead atoms. The Morgan fingerprint density at radius 3 is 2.70 bits per heavy atom. The molecule has 0 saturated heterocycles. The fourth-order valence-corrected chi connectivity index (χ4v) is 2.48. The van der Waals surface area contributed by atoms with Gasteiger partial charge in [-0.15, -0.1) is 0 Å². The molecular formula is C16H17BrFNO. The molecule has 0 aliphatic rings. The van der Waals surface area contributed by atoms with Gasteiger partial charge in [0.25, 0.3) is 0 Å². The van der Waals surface area contributed by atoms with Gasteiger partial charge >= 0.3 is 0 Å². The van der Waals surface area contributed by atoms with Crippen LogP contribution in [-0.2, 0) is 6.54 Å². The molecule has 0 heterocycles. The van der Waals surface area contributed by atoms with Gasteiger partial charge in [-0.2, -0.15) is 0 Å². The monoisotopic (exact) mass is 337 g/mol. The van der Waals surface area contributed by atoms with E-state index in [1.807, 2.05) is 19.2 Å². The van der Waals surface area contributed by atoms with Gasteiger partial charge in [-0.25, -0.2) is 4.39 Å². The number of phenolic OH excluding ortho intramolecular Hbond substituents is 1. The number of benzene rings is 2. The van der Waals surface area contributed by atoms with Crippen LogP contribution in [0.3, 0.4) is 0 Å². The fourth-order valence-electron chi connectivity index (χ4n) is 2.11. The van der Waals surface area contributed by atoms with E-state index in [4.69, 9.17) is 0 Å². The number of nitrogens with zero attached hydrogens (tertiary/aromatic N) is 1. The van der Waals surface area contributed by atoms with E-state index in [2.05, 4.69) is 27.8 Å². The van der Waals surface area contributed by atoms with E-state index >= 15 is 0 Å². The summed E-state index contributed by atoms with van der Waals surface area (Å²) in [6, 6.07) is 12.0. The zero-order chi connectivity index (χ0) is 14.7. The van der Waals surface area contributed by atoms with Crippen LogP contribution in [0, 0.1) is 5.82 Å². The Morgan fingerprint density at radius 1 is 1.25 bits per heavy atom. The van der Waals surface area contributed by atoms with E-state index < -0.39 is 0 Å². The Bertz CT molecular complexity index is 603. The van der Waals surface area contributed by atoms with Crippen molar-refractivity contribution in [1.29, 1.82) is 0 Å². The van der Waals surface area contributed by atoms with Crippen molar-refractivity contribution in [3.8, 4) is 5.75 Å². The predicted octanol–water partition coefficient (Wildman–Crippen LogP) is 4.49. The zero-order valence-corrected chi connectivity index (χ0v) is 13.1. The summed E-state index contributed by atoms with van der Waals surface area (Å²) in [5, 5.41) is 9.54. The van der Waals surface area contributed by atoms with Crippen LogP contribution in [0.2, 0.25) is 0 Å². The quantitative estimate of drug-likeness (QED) is 0.888. The van der Waals surface area contributed by atoms with Gasteiger partial charge in [0.05, 0.1) is 0 Å². The van der Waals surface area contributed by atoms with Gasteiger partial charge in [-0.1, -0.05) is 28.1 Å². The molecule has 0 fully saturated rings. The largest absolute Gasteiger partial charge is 0.508 e. The van der Waals surface area contributed by atoms with Gasteiger partial charge in [0, 0.05) is 17.1 Å². The van der Waals surface area contributed by atoms with Gasteiger partial charge in [-0.05, 0) is 55.4 Å². The highest BCUT2D eigenvalue weighted by Crippen LogP contribution is 2.26. The minimum absolute atomic E-state index is 0.122. The molecule has 0 saturated carbocycles. The Labute approximate surface area is 127 Å². The average molecular weight is 338 g/mol. The molecule has 0 aliphatic carbocycles. The molecule has 1 unspecified atom stereocenters. The summed E-state index contributed by atoms with van der Waals surface area (Å²) in [5.74, 6) is 0.0243. The molecule has 106 valence electrons. The standard InChI is InChI=1S/C16H17BrFNO/c1-11(12-4-3-5-15(20)9-12)19(2)10-13-8-14(18)6-7-16(13)17/h3-9,11,20H,10H2,1-2H3. The molecule has 0 aromatic heterocycles. The van der Waals surface area contributed by atoms with Crippen molar-refractivity contribution in [1.82, 2.24) is 4.90 Å². The number of hydrogen-bond acceptors (Lipinski definition) is 2. The van der Waals surface area contributed by atoms with Crippen LogP contribution in [-0.4, -0.2) is 17.1 Å². The van der Waals surface area contributed by atoms with E-state index in [1.54, 1.807) is 18.2 Å². The smallest absolute Gasteiger partial charge is 0.123 e. The van der Waals surface area contributed by atoms with Crippen LogP contribution in [0.1, 0.15) is 24.1 Å². The van der Waals surface area contributed by atoms with Crippen molar-refractivity contribution in [2.75, 3.05) is 7.05 Å². The van der Waals surface area contributed by atoms with Crippen LogP contribution in [0.5, 0.6) is 5.75 Å². The minimum atomic E-state index is -0.235. The molecule has 1 N–H and O–H groups in total. The van der Waals surface area contributed by atoms with Crippen LogP contribution in [0.15, 0.2) is 46.9 Å². The van der Waals surface area contributed by atoms with Crippen molar-refractivity contribution in [3.05, 3.63) is 63.9 Å². The Balaban J connectivity index is 2.15. The molecule has 0 amide bonds. The third-order valence-electron chi connectivity index (χ3n) is 3.44. The topological polar surface area (TPSA) is 23.5 Å². The van der Waals surface area contributed by atoms with Crippen molar-refractivity contribution in [2.24, 2.45) is 0 Å². The third kappa shape index (κ3) is 3.58. The van der Waals surface area contributed by atoms with Crippen LogP contribution in [0.25, 0.3) is 0 Å². The van der Waals surface area contributed by atoms with Crippen molar-refractivity contribution >= 4 is 15.9 Å². The summed E-state index contributed by atoms with van der Waals surface area (Å²) in [7, 11) is 1.98. The van der Waals surface area contributed by atoms with Crippen LogP contribution in [0.4, 0.5) is 4.39 Å². The summed E-state index contributed by atoms with van der Waals surface area (Å²) in [6.45, 7) is 2.68. The SMILES string of the molecule is CC(c1cccc(O)c1)N(C)Cc1cc(F)ccc1Br. The minimum Gasteiger partial charge on any atom is -0.508 e. The first-order valence-corrected chi connectivity index (χ1v) is 7.20. The normalized spacial score (nSPS) is 12.7. The molecular weight excluding hydrogens is 321 g/mol. The molecule has 1 atom stereocenters. The first-order valence-electron chi connectivity index (χ1n) is 6.40. The molecule has 0 radical (unpaired) electrons. The average Bonchev–Trinajstić information content (AvgIpc) is 2.42. The Kier molecular flexibility index (Phi) is 4.78. The molecule has 0 spiro atoms. The molecule has 4 heteroatoms. The second kappa shape index (κ2) is 6.37. The highest BCUT2D eigenvalue weighted by atomic mass is 79.9. The molecule has 2 aromatic rings. The first kappa shape index (κ1) is 15.0. The van der Waals surface area contributed by atoms with Crippen LogP contribution >= 0.6 is 15.9 Å². The molecule has 2 aromatic carbocycles. The van der Waals surface area contributed by atoms with E-state index in [9.17, 15) is 9.50 Å². The van der Waals surface area contributed by atoms with Crippen LogP contribution < -0.4 is 0 Å². The lowest BCUT2D eigenvalue weighted by atomic mass is 10.1. The van der Waals surface area contributed by atoms with Gasteiger partial charge in [0.1, 0.15) is 11.6 Å². The Hall–Kier alpha value is -1.39. The lowest BCUT2D eigenvalue weighted by Gasteiger charge is -2.25. The van der Waals surface area contributed by atoms with E-state index in [0.717, 1.165) is 15.6 Å². The molecule has 2 nitrogen and oxygen atoms in total.